The number of hydrogen-bond donors (Lipinski definition) is 1. The van der Waals surface area contributed by atoms with Gasteiger partial charge in [-0.05, 0) is 41.9 Å². The smallest absolute Gasteiger partial charge is 0.0818 e. The Morgan fingerprint density at radius 1 is 1.12 bits per heavy atom. The van der Waals surface area contributed by atoms with Gasteiger partial charge in [0.2, 0.25) is 0 Å². The third-order valence-corrected chi connectivity index (χ3v) is 3.96. The largest absolute Gasteiger partial charge is 0.388 e. The predicted octanol–water partition coefficient (Wildman–Crippen LogP) is 3.64. The Bertz CT molecular complexity index is 352. The lowest BCUT2D eigenvalue weighted by Crippen LogP contribution is -2.11. The van der Waals surface area contributed by atoms with Gasteiger partial charge in [0.15, 0.2) is 0 Å². The summed E-state index contributed by atoms with van der Waals surface area (Å²) in [5, 5.41) is 10.3. The lowest BCUT2D eigenvalue weighted by molar-refractivity contribution is 0.103. The van der Waals surface area contributed by atoms with Crippen molar-refractivity contribution in [3.05, 3.63) is 34.9 Å². The van der Waals surface area contributed by atoms with Crippen LogP contribution in [0.3, 0.4) is 0 Å². The van der Waals surface area contributed by atoms with Crippen LogP contribution in [0, 0.1) is 5.92 Å². The fourth-order valence-corrected chi connectivity index (χ4v) is 2.78. The summed E-state index contributed by atoms with van der Waals surface area (Å²) in [5.41, 5.74) is 4.07. The first-order valence-electron chi connectivity index (χ1n) is 6.56. The van der Waals surface area contributed by atoms with Crippen LogP contribution < -0.4 is 0 Å². The molecule has 88 valence electrons. The Morgan fingerprint density at radius 3 is 2.50 bits per heavy atom. The molecule has 0 aliphatic heterocycles. The molecule has 0 radical (unpaired) electrons. The summed E-state index contributed by atoms with van der Waals surface area (Å²) in [5.74, 6) is 0.402. The molecule has 1 aromatic carbocycles. The highest BCUT2D eigenvalue weighted by Gasteiger charge is 2.19. The van der Waals surface area contributed by atoms with Gasteiger partial charge in [-0.3, -0.25) is 0 Å². The highest BCUT2D eigenvalue weighted by Crippen LogP contribution is 2.30. The monoisotopic (exact) mass is 218 g/mol. The first-order chi connectivity index (χ1) is 7.76. The van der Waals surface area contributed by atoms with E-state index in [9.17, 15) is 5.11 Å². The van der Waals surface area contributed by atoms with Crippen LogP contribution >= 0.6 is 0 Å². The summed E-state index contributed by atoms with van der Waals surface area (Å²) in [6.45, 7) is 4.31. The number of aliphatic hydroxyl groups is 1. The van der Waals surface area contributed by atoms with E-state index in [0.29, 0.717) is 5.92 Å². The van der Waals surface area contributed by atoms with Gasteiger partial charge in [-0.1, -0.05) is 44.9 Å². The average Bonchev–Trinajstić information content (AvgIpc) is 2.77. The standard InChI is InChI=1S/C15H22O/c1-3-11(4-2)15(16)14-9-8-12-6-5-7-13(12)10-14/h8-11,15-16H,3-7H2,1-2H3. The first kappa shape index (κ1) is 11.7. The third-order valence-electron chi connectivity index (χ3n) is 3.96. The van der Waals surface area contributed by atoms with E-state index in [-0.39, 0.29) is 6.10 Å². The summed E-state index contributed by atoms with van der Waals surface area (Å²) in [4.78, 5) is 0. The van der Waals surface area contributed by atoms with Crippen LogP contribution in [0.15, 0.2) is 18.2 Å². The number of aryl methyl sites for hydroxylation is 2. The molecule has 0 saturated heterocycles. The van der Waals surface area contributed by atoms with Crippen LogP contribution in [0.5, 0.6) is 0 Å². The lowest BCUT2D eigenvalue weighted by Gasteiger charge is -2.21. The Labute approximate surface area is 98.5 Å². The van der Waals surface area contributed by atoms with Gasteiger partial charge in [0.25, 0.3) is 0 Å². The SMILES string of the molecule is CCC(CC)C(O)c1ccc2c(c1)CCC2. The fraction of sp³-hybridized carbons (Fsp3) is 0.600. The van der Waals surface area contributed by atoms with Gasteiger partial charge in [-0.15, -0.1) is 0 Å². The molecule has 0 heterocycles. The molecule has 0 saturated carbocycles. The highest BCUT2D eigenvalue weighted by atomic mass is 16.3. The molecule has 0 spiro atoms. The fourth-order valence-electron chi connectivity index (χ4n) is 2.78. The average molecular weight is 218 g/mol. The molecule has 1 aromatic rings. The second-order valence-corrected chi connectivity index (χ2v) is 4.90. The van der Waals surface area contributed by atoms with E-state index in [1.807, 2.05) is 0 Å². The molecule has 1 unspecified atom stereocenters. The van der Waals surface area contributed by atoms with Crippen LogP contribution in [-0.4, -0.2) is 5.11 Å². The van der Waals surface area contributed by atoms with Crippen molar-refractivity contribution < 1.29 is 5.11 Å². The molecule has 0 fully saturated rings. The van der Waals surface area contributed by atoms with Crippen molar-refractivity contribution in [2.24, 2.45) is 5.92 Å². The second-order valence-electron chi connectivity index (χ2n) is 4.90. The maximum Gasteiger partial charge on any atom is 0.0818 e. The number of hydrogen-bond acceptors (Lipinski definition) is 1. The summed E-state index contributed by atoms with van der Waals surface area (Å²) in [6, 6.07) is 6.56. The van der Waals surface area contributed by atoms with Crippen LogP contribution in [0.4, 0.5) is 0 Å². The topological polar surface area (TPSA) is 20.2 Å². The molecule has 2 rings (SSSR count). The van der Waals surface area contributed by atoms with E-state index in [0.717, 1.165) is 18.4 Å². The van der Waals surface area contributed by atoms with Crippen LogP contribution in [0.1, 0.15) is 55.9 Å². The quantitative estimate of drug-likeness (QED) is 0.818. The van der Waals surface area contributed by atoms with Crippen LogP contribution in [0.25, 0.3) is 0 Å². The molecule has 0 aromatic heterocycles. The molecular formula is C15H22O. The van der Waals surface area contributed by atoms with Crippen LogP contribution in [-0.2, 0) is 12.8 Å². The Morgan fingerprint density at radius 2 is 1.81 bits per heavy atom. The Kier molecular flexibility index (Phi) is 3.65. The van der Waals surface area contributed by atoms with Gasteiger partial charge in [0, 0.05) is 0 Å². The van der Waals surface area contributed by atoms with Crippen LogP contribution in [0.2, 0.25) is 0 Å². The first-order valence-corrected chi connectivity index (χ1v) is 6.56. The third kappa shape index (κ3) is 2.15. The maximum absolute atomic E-state index is 10.3. The van der Waals surface area contributed by atoms with Gasteiger partial charge in [0.1, 0.15) is 0 Å². The molecule has 0 amide bonds. The number of aliphatic hydroxyl groups excluding tert-OH is 1. The van der Waals surface area contributed by atoms with Gasteiger partial charge >= 0.3 is 0 Å². The molecular weight excluding hydrogens is 196 g/mol. The van der Waals surface area contributed by atoms with E-state index < -0.39 is 0 Å². The molecule has 1 atom stereocenters. The molecule has 1 nitrogen and oxygen atoms in total. The molecule has 16 heavy (non-hydrogen) atoms. The zero-order chi connectivity index (χ0) is 11.5. The summed E-state index contributed by atoms with van der Waals surface area (Å²) >= 11 is 0. The van der Waals surface area contributed by atoms with E-state index in [1.165, 1.54) is 30.4 Å². The Balaban J connectivity index is 2.20. The molecule has 1 aliphatic rings. The van der Waals surface area contributed by atoms with Crippen molar-refractivity contribution in [1.29, 1.82) is 0 Å². The van der Waals surface area contributed by atoms with E-state index in [4.69, 9.17) is 0 Å². The molecule has 1 N–H and O–H groups in total. The summed E-state index contributed by atoms with van der Waals surface area (Å²) in [6.07, 6.45) is 5.51. The van der Waals surface area contributed by atoms with Gasteiger partial charge in [0.05, 0.1) is 6.10 Å². The normalized spacial score (nSPS) is 16.5. The Hall–Kier alpha value is -0.820. The van der Waals surface area contributed by atoms with Crippen molar-refractivity contribution in [2.75, 3.05) is 0 Å². The predicted molar refractivity (Wildman–Crippen MR) is 67.5 cm³/mol. The summed E-state index contributed by atoms with van der Waals surface area (Å²) < 4.78 is 0. The minimum absolute atomic E-state index is 0.277. The van der Waals surface area contributed by atoms with Gasteiger partial charge < -0.3 is 5.11 Å². The van der Waals surface area contributed by atoms with Gasteiger partial charge in [-0.2, -0.15) is 0 Å². The number of fused-ring (bicyclic) bond motifs is 1. The lowest BCUT2D eigenvalue weighted by atomic mass is 9.90. The molecule has 0 bridgehead atoms. The van der Waals surface area contributed by atoms with Gasteiger partial charge in [-0.25, -0.2) is 0 Å². The maximum atomic E-state index is 10.3. The number of benzene rings is 1. The van der Waals surface area contributed by atoms with Crippen molar-refractivity contribution in [3.8, 4) is 0 Å². The summed E-state index contributed by atoms with van der Waals surface area (Å²) in [7, 11) is 0. The van der Waals surface area contributed by atoms with E-state index in [1.54, 1.807) is 0 Å². The highest BCUT2D eigenvalue weighted by molar-refractivity contribution is 5.36. The van der Waals surface area contributed by atoms with Crippen molar-refractivity contribution in [1.82, 2.24) is 0 Å². The van der Waals surface area contributed by atoms with Crippen molar-refractivity contribution in [3.63, 3.8) is 0 Å². The van der Waals surface area contributed by atoms with Crippen molar-refractivity contribution >= 4 is 0 Å². The van der Waals surface area contributed by atoms with E-state index >= 15 is 0 Å². The van der Waals surface area contributed by atoms with Crippen molar-refractivity contribution in [2.45, 2.75) is 52.1 Å². The zero-order valence-electron chi connectivity index (χ0n) is 10.4. The zero-order valence-corrected chi connectivity index (χ0v) is 10.4. The number of rotatable bonds is 4. The molecule has 1 aliphatic carbocycles. The minimum Gasteiger partial charge on any atom is -0.388 e. The van der Waals surface area contributed by atoms with E-state index in [2.05, 4.69) is 32.0 Å². The second kappa shape index (κ2) is 5.01. The molecule has 1 heteroatoms. The minimum atomic E-state index is -0.277.